The smallest absolute Gasteiger partial charge is 0.159 e. The van der Waals surface area contributed by atoms with E-state index in [0.717, 1.165) is 22.3 Å². The molecule has 0 amide bonds. The number of fused-ring (bicyclic) bond motifs is 1. The van der Waals surface area contributed by atoms with E-state index in [-0.39, 0.29) is 0 Å². The van der Waals surface area contributed by atoms with E-state index in [4.69, 9.17) is 0 Å². The maximum Gasteiger partial charge on any atom is 0.159 e. The quantitative estimate of drug-likeness (QED) is 0.699. The molecule has 3 aromatic rings. The molecule has 19 heavy (non-hydrogen) atoms. The minimum atomic E-state index is 0.659. The van der Waals surface area contributed by atoms with Gasteiger partial charge in [-0.25, -0.2) is 9.97 Å². The molecule has 92 valence electrons. The lowest BCUT2D eigenvalue weighted by atomic mass is 10.1. The molecule has 0 saturated heterocycles. The van der Waals surface area contributed by atoms with Crippen LogP contribution in [0, 0.1) is 0 Å². The van der Waals surface area contributed by atoms with Crippen molar-refractivity contribution in [2.75, 3.05) is 0 Å². The average molecular weight is 248 g/mol. The molecule has 3 aromatic heterocycles. The van der Waals surface area contributed by atoms with Crippen LogP contribution in [-0.2, 0) is 0 Å². The third-order valence-electron chi connectivity index (χ3n) is 3.50. The molecular weight excluding hydrogens is 236 g/mol. The second-order valence-electron chi connectivity index (χ2n) is 4.87. The third-order valence-corrected chi connectivity index (χ3v) is 3.50. The maximum absolute atomic E-state index is 4.61. The molecule has 0 unspecified atom stereocenters. The van der Waals surface area contributed by atoms with Crippen LogP contribution in [0.5, 0.6) is 0 Å². The summed E-state index contributed by atoms with van der Waals surface area (Å²) >= 11 is 0. The van der Waals surface area contributed by atoms with Crippen molar-refractivity contribution in [1.29, 1.82) is 0 Å². The lowest BCUT2D eigenvalue weighted by Gasteiger charge is -2.05. The normalized spacial score (nSPS) is 14.7. The fourth-order valence-electron chi connectivity index (χ4n) is 2.33. The Morgan fingerprint density at radius 1 is 0.947 bits per heavy atom. The fraction of sp³-hybridized carbons (Fsp3) is 0.200. The number of hydrogen-bond acceptors (Lipinski definition) is 4. The van der Waals surface area contributed by atoms with E-state index in [1.165, 1.54) is 18.4 Å². The number of pyridine rings is 2. The molecule has 0 N–H and O–H groups in total. The first-order valence-electron chi connectivity index (χ1n) is 6.43. The molecule has 3 heterocycles. The molecule has 4 rings (SSSR count). The summed E-state index contributed by atoms with van der Waals surface area (Å²) in [4.78, 5) is 17.4. The predicted molar refractivity (Wildman–Crippen MR) is 72.5 cm³/mol. The fourth-order valence-corrected chi connectivity index (χ4v) is 2.33. The van der Waals surface area contributed by atoms with Gasteiger partial charge in [-0.15, -0.1) is 0 Å². The maximum atomic E-state index is 4.61. The van der Waals surface area contributed by atoms with Crippen molar-refractivity contribution in [3.05, 3.63) is 48.7 Å². The molecule has 1 fully saturated rings. The summed E-state index contributed by atoms with van der Waals surface area (Å²) in [5.41, 5.74) is 3.19. The third kappa shape index (κ3) is 1.85. The second-order valence-corrected chi connectivity index (χ2v) is 4.87. The van der Waals surface area contributed by atoms with Gasteiger partial charge in [0.2, 0.25) is 0 Å². The van der Waals surface area contributed by atoms with Crippen molar-refractivity contribution in [3.63, 3.8) is 0 Å². The van der Waals surface area contributed by atoms with Gasteiger partial charge in [0.15, 0.2) is 5.82 Å². The van der Waals surface area contributed by atoms with E-state index >= 15 is 0 Å². The molecule has 1 aliphatic carbocycles. The predicted octanol–water partition coefficient (Wildman–Crippen LogP) is 2.96. The number of rotatable bonds is 2. The van der Waals surface area contributed by atoms with E-state index in [2.05, 4.69) is 19.9 Å². The van der Waals surface area contributed by atoms with Crippen LogP contribution in [-0.4, -0.2) is 19.9 Å². The van der Waals surface area contributed by atoms with Crippen LogP contribution < -0.4 is 0 Å². The molecule has 4 nitrogen and oxygen atoms in total. The van der Waals surface area contributed by atoms with Crippen LogP contribution in [0.2, 0.25) is 0 Å². The summed E-state index contributed by atoms with van der Waals surface area (Å²) in [5.74, 6) is 1.39. The van der Waals surface area contributed by atoms with Gasteiger partial charge in [-0.05, 0) is 36.5 Å². The largest absolute Gasteiger partial charge is 0.265 e. The average Bonchev–Trinajstić information content (AvgIpc) is 3.31. The lowest BCUT2D eigenvalue weighted by Crippen LogP contribution is -1.93. The topological polar surface area (TPSA) is 51.6 Å². The molecular formula is C15H12N4. The molecule has 0 aromatic carbocycles. The van der Waals surface area contributed by atoms with Crippen molar-refractivity contribution in [3.8, 4) is 11.4 Å². The Balaban J connectivity index is 1.88. The Kier molecular flexibility index (Phi) is 2.27. The first-order valence-corrected chi connectivity index (χ1v) is 6.43. The highest BCUT2D eigenvalue weighted by molar-refractivity contribution is 5.82. The van der Waals surface area contributed by atoms with Gasteiger partial charge in [-0.3, -0.25) is 9.97 Å². The van der Waals surface area contributed by atoms with Crippen molar-refractivity contribution in [1.82, 2.24) is 19.9 Å². The van der Waals surface area contributed by atoms with Gasteiger partial charge in [0.1, 0.15) is 0 Å². The Morgan fingerprint density at radius 3 is 2.58 bits per heavy atom. The molecule has 0 radical (unpaired) electrons. The minimum absolute atomic E-state index is 0.659. The Bertz CT molecular complexity index is 735. The lowest BCUT2D eigenvalue weighted by molar-refractivity contribution is 1.10. The van der Waals surface area contributed by atoms with Crippen LogP contribution in [0.25, 0.3) is 22.3 Å². The molecule has 1 aliphatic rings. The van der Waals surface area contributed by atoms with Crippen molar-refractivity contribution < 1.29 is 0 Å². The summed E-state index contributed by atoms with van der Waals surface area (Å²) in [6.45, 7) is 0. The zero-order valence-electron chi connectivity index (χ0n) is 10.3. The van der Waals surface area contributed by atoms with Crippen LogP contribution >= 0.6 is 0 Å². The molecule has 0 bridgehead atoms. The van der Waals surface area contributed by atoms with Gasteiger partial charge in [0.05, 0.1) is 11.7 Å². The first kappa shape index (κ1) is 10.6. The van der Waals surface area contributed by atoms with Crippen molar-refractivity contribution in [2.45, 2.75) is 18.8 Å². The molecule has 1 saturated carbocycles. The molecule has 0 spiro atoms. The number of hydrogen-bond donors (Lipinski definition) is 0. The monoisotopic (exact) mass is 248 g/mol. The highest BCUT2D eigenvalue weighted by Crippen LogP contribution is 2.42. The van der Waals surface area contributed by atoms with Crippen molar-refractivity contribution in [2.24, 2.45) is 0 Å². The minimum Gasteiger partial charge on any atom is -0.265 e. The van der Waals surface area contributed by atoms with Crippen LogP contribution in [0.4, 0.5) is 0 Å². The van der Waals surface area contributed by atoms with Crippen LogP contribution in [0.15, 0.2) is 43.1 Å². The summed E-state index contributed by atoms with van der Waals surface area (Å²) in [6, 6.07) is 3.83. The Labute approximate surface area is 110 Å². The Morgan fingerprint density at radius 2 is 1.79 bits per heavy atom. The summed E-state index contributed by atoms with van der Waals surface area (Å²) < 4.78 is 0. The summed E-state index contributed by atoms with van der Waals surface area (Å²) in [5, 5.41) is 1.13. The van der Waals surface area contributed by atoms with Gasteiger partial charge < -0.3 is 0 Å². The Hall–Kier alpha value is -2.36. The molecule has 4 heteroatoms. The summed E-state index contributed by atoms with van der Waals surface area (Å²) in [6.07, 6.45) is 11.7. The van der Waals surface area contributed by atoms with E-state index in [9.17, 15) is 0 Å². The van der Waals surface area contributed by atoms with E-state index in [0.29, 0.717) is 5.92 Å². The SMILES string of the molecule is c1cc(-c2ncc3c(C4CC4)cncc3n2)ccn1. The highest BCUT2D eigenvalue weighted by Gasteiger charge is 2.26. The van der Waals surface area contributed by atoms with Gasteiger partial charge in [-0.1, -0.05) is 0 Å². The number of nitrogens with zero attached hydrogens (tertiary/aromatic N) is 4. The standard InChI is InChI=1S/C15H12N4/c1-2-10(1)12-7-17-9-14-13(12)8-18-15(19-14)11-3-5-16-6-4-11/h3-10H,1-2H2. The van der Waals surface area contributed by atoms with E-state index < -0.39 is 0 Å². The second kappa shape index (κ2) is 4.09. The number of aromatic nitrogens is 4. The highest BCUT2D eigenvalue weighted by atomic mass is 14.9. The van der Waals surface area contributed by atoms with E-state index in [1.807, 2.05) is 30.7 Å². The molecule has 0 atom stereocenters. The van der Waals surface area contributed by atoms with Gasteiger partial charge in [0, 0.05) is 35.7 Å². The molecule has 0 aliphatic heterocycles. The zero-order chi connectivity index (χ0) is 12.7. The van der Waals surface area contributed by atoms with Crippen LogP contribution in [0.3, 0.4) is 0 Å². The van der Waals surface area contributed by atoms with Gasteiger partial charge in [0.25, 0.3) is 0 Å². The van der Waals surface area contributed by atoms with Crippen molar-refractivity contribution >= 4 is 10.9 Å². The van der Waals surface area contributed by atoms with Crippen LogP contribution in [0.1, 0.15) is 24.3 Å². The van der Waals surface area contributed by atoms with E-state index in [1.54, 1.807) is 12.4 Å². The van der Waals surface area contributed by atoms with Gasteiger partial charge >= 0.3 is 0 Å². The van der Waals surface area contributed by atoms with Gasteiger partial charge in [-0.2, -0.15) is 0 Å². The zero-order valence-corrected chi connectivity index (χ0v) is 10.3. The first-order chi connectivity index (χ1) is 9.42. The summed E-state index contributed by atoms with van der Waals surface area (Å²) in [7, 11) is 0.